The molecular formula is C26H19F3N2O4. The maximum absolute atomic E-state index is 13.1. The van der Waals surface area contributed by atoms with Gasteiger partial charge in [0.2, 0.25) is 5.89 Å². The number of anilines is 1. The Kier molecular flexibility index (Phi) is 5.66. The highest BCUT2D eigenvalue weighted by molar-refractivity contribution is 6.06. The number of aliphatic hydroxyl groups is 1. The van der Waals surface area contributed by atoms with Gasteiger partial charge in [0.05, 0.1) is 18.8 Å². The molecule has 1 aliphatic heterocycles. The van der Waals surface area contributed by atoms with Crippen LogP contribution in [0.1, 0.15) is 21.6 Å². The minimum atomic E-state index is -4.47. The van der Waals surface area contributed by atoms with E-state index >= 15 is 0 Å². The van der Waals surface area contributed by atoms with Gasteiger partial charge in [-0.25, -0.2) is 4.98 Å². The zero-order valence-electron chi connectivity index (χ0n) is 18.2. The van der Waals surface area contributed by atoms with E-state index < -0.39 is 23.2 Å². The Hall–Kier alpha value is -3.95. The van der Waals surface area contributed by atoms with Crippen molar-refractivity contribution in [1.82, 2.24) is 4.98 Å². The van der Waals surface area contributed by atoms with E-state index in [4.69, 9.17) is 9.15 Å². The largest absolute Gasteiger partial charge is 0.435 e. The maximum Gasteiger partial charge on any atom is 0.416 e. The van der Waals surface area contributed by atoms with Crippen molar-refractivity contribution in [2.45, 2.75) is 11.8 Å². The number of halogens is 3. The van der Waals surface area contributed by atoms with Crippen molar-refractivity contribution in [3.05, 3.63) is 95.7 Å². The first-order valence-electron chi connectivity index (χ1n) is 10.7. The van der Waals surface area contributed by atoms with E-state index in [1.807, 2.05) is 0 Å². The average Bonchev–Trinajstić information content (AvgIpc) is 3.29. The van der Waals surface area contributed by atoms with E-state index in [1.54, 1.807) is 54.6 Å². The Bertz CT molecular complexity index is 1340. The van der Waals surface area contributed by atoms with Crippen molar-refractivity contribution < 1.29 is 32.2 Å². The lowest BCUT2D eigenvalue weighted by atomic mass is 9.92. The number of hydrogen-bond acceptors (Lipinski definition) is 5. The van der Waals surface area contributed by atoms with Gasteiger partial charge in [-0.15, -0.1) is 0 Å². The number of nitrogens with one attached hydrogen (secondary N) is 1. The van der Waals surface area contributed by atoms with Crippen LogP contribution in [0.15, 0.2) is 83.3 Å². The summed E-state index contributed by atoms with van der Waals surface area (Å²) in [6.07, 6.45) is -4.47. The molecule has 0 aliphatic carbocycles. The highest BCUT2D eigenvalue weighted by atomic mass is 19.4. The SMILES string of the molecule is O=C(Nc1ccc(C2(O)COC2)cc1)c1nc(-c2ccc(C(F)(F)F)cc2)oc1-c1ccccc1. The lowest BCUT2D eigenvalue weighted by Crippen LogP contribution is -2.46. The maximum atomic E-state index is 13.1. The van der Waals surface area contributed by atoms with Crippen molar-refractivity contribution in [1.29, 1.82) is 0 Å². The van der Waals surface area contributed by atoms with Crippen molar-refractivity contribution in [3.63, 3.8) is 0 Å². The molecule has 1 saturated heterocycles. The summed E-state index contributed by atoms with van der Waals surface area (Å²) in [7, 11) is 0. The molecule has 6 nitrogen and oxygen atoms in total. The van der Waals surface area contributed by atoms with Gasteiger partial charge >= 0.3 is 6.18 Å². The van der Waals surface area contributed by atoms with Crippen LogP contribution in [0.5, 0.6) is 0 Å². The molecule has 178 valence electrons. The summed E-state index contributed by atoms with van der Waals surface area (Å²) in [5.74, 6) is -0.343. The number of oxazole rings is 1. The van der Waals surface area contributed by atoms with Crippen molar-refractivity contribution in [3.8, 4) is 22.8 Å². The van der Waals surface area contributed by atoms with Gasteiger partial charge in [-0.3, -0.25) is 4.79 Å². The normalized spacial score (nSPS) is 14.9. The Morgan fingerprint density at radius 1 is 0.914 bits per heavy atom. The molecule has 4 aromatic rings. The number of alkyl halides is 3. The fraction of sp³-hybridized carbons (Fsp3) is 0.154. The van der Waals surface area contributed by atoms with E-state index in [0.29, 0.717) is 22.4 Å². The van der Waals surface area contributed by atoms with Gasteiger partial charge in [0.15, 0.2) is 11.5 Å². The zero-order chi connectivity index (χ0) is 24.6. The number of nitrogens with zero attached hydrogens (tertiary/aromatic N) is 1. The number of benzene rings is 3. The monoisotopic (exact) mass is 480 g/mol. The predicted octanol–water partition coefficient (Wildman–Crippen LogP) is 5.50. The van der Waals surface area contributed by atoms with Crippen LogP contribution in [0.3, 0.4) is 0 Å². The second-order valence-corrected chi connectivity index (χ2v) is 8.19. The summed E-state index contributed by atoms with van der Waals surface area (Å²) in [5.41, 5.74) is 0.210. The zero-order valence-corrected chi connectivity index (χ0v) is 18.2. The molecule has 0 spiro atoms. The third-order valence-corrected chi connectivity index (χ3v) is 5.70. The van der Waals surface area contributed by atoms with Crippen LogP contribution < -0.4 is 5.32 Å². The Morgan fingerprint density at radius 2 is 1.57 bits per heavy atom. The number of aromatic nitrogens is 1. The van der Waals surface area contributed by atoms with E-state index in [-0.39, 0.29) is 30.6 Å². The highest BCUT2D eigenvalue weighted by Gasteiger charge is 2.37. The summed E-state index contributed by atoms with van der Waals surface area (Å²) in [5, 5.41) is 13.1. The third kappa shape index (κ3) is 4.55. The average molecular weight is 480 g/mol. The molecule has 1 fully saturated rings. The van der Waals surface area contributed by atoms with Gasteiger partial charge in [-0.1, -0.05) is 42.5 Å². The van der Waals surface area contributed by atoms with E-state index in [9.17, 15) is 23.1 Å². The molecule has 5 rings (SSSR count). The van der Waals surface area contributed by atoms with Gasteiger partial charge in [0, 0.05) is 16.8 Å². The van der Waals surface area contributed by atoms with Gasteiger partial charge in [0.1, 0.15) is 5.60 Å². The number of rotatable bonds is 5. The first kappa shape index (κ1) is 22.8. The fourth-order valence-electron chi connectivity index (χ4n) is 3.70. The minimum Gasteiger partial charge on any atom is -0.435 e. The second kappa shape index (κ2) is 8.68. The van der Waals surface area contributed by atoms with Gasteiger partial charge in [-0.05, 0) is 42.0 Å². The summed E-state index contributed by atoms with van der Waals surface area (Å²) < 4.78 is 49.7. The number of carbonyl (C=O) groups is 1. The molecule has 1 amide bonds. The first-order chi connectivity index (χ1) is 16.7. The van der Waals surface area contributed by atoms with Crippen LogP contribution >= 0.6 is 0 Å². The minimum absolute atomic E-state index is 0.0128. The molecular weight excluding hydrogens is 461 g/mol. The molecule has 1 aromatic heterocycles. The number of amides is 1. The van der Waals surface area contributed by atoms with E-state index in [1.165, 1.54) is 12.1 Å². The molecule has 9 heteroatoms. The summed E-state index contributed by atoms with van der Waals surface area (Å²) in [4.78, 5) is 17.4. The number of carbonyl (C=O) groups excluding carboxylic acids is 1. The molecule has 0 unspecified atom stereocenters. The van der Waals surface area contributed by atoms with Crippen LogP contribution in [-0.4, -0.2) is 29.2 Å². The van der Waals surface area contributed by atoms with Gasteiger partial charge in [0.25, 0.3) is 5.91 Å². The highest BCUT2D eigenvalue weighted by Crippen LogP contribution is 2.34. The standard InChI is InChI=1S/C26H19F3N2O4/c27-26(28,29)19-8-6-17(7-9-19)24-31-21(22(35-24)16-4-2-1-3-5-16)23(32)30-20-12-10-18(11-13-20)25(33)14-34-15-25/h1-13,33H,14-15H2,(H,30,32). The Morgan fingerprint density at radius 3 is 2.14 bits per heavy atom. The Labute approximate surface area is 198 Å². The molecule has 2 heterocycles. The fourth-order valence-corrected chi connectivity index (χ4v) is 3.70. The summed E-state index contributed by atoms with van der Waals surface area (Å²) in [6.45, 7) is 0.426. The molecule has 2 N–H and O–H groups in total. The van der Waals surface area contributed by atoms with Gasteiger partial charge < -0.3 is 19.6 Å². The molecule has 0 atom stereocenters. The lowest BCUT2D eigenvalue weighted by molar-refractivity contribution is -0.184. The molecule has 1 aliphatic rings. The Balaban J connectivity index is 1.45. The van der Waals surface area contributed by atoms with E-state index in [2.05, 4.69) is 10.3 Å². The lowest BCUT2D eigenvalue weighted by Gasteiger charge is -2.36. The van der Waals surface area contributed by atoms with Crippen LogP contribution in [-0.2, 0) is 16.5 Å². The van der Waals surface area contributed by atoms with Crippen LogP contribution in [0.25, 0.3) is 22.8 Å². The topological polar surface area (TPSA) is 84.6 Å². The van der Waals surface area contributed by atoms with Crippen molar-refractivity contribution in [2.75, 3.05) is 18.5 Å². The molecule has 0 bridgehead atoms. The van der Waals surface area contributed by atoms with E-state index in [0.717, 1.165) is 12.1 Å². The predicted molar refractivity (Wildman–Crippen MR) is 121 cm³/mol. The van der Waals surface area contributed by atoms with Crippen LogP contribution in [0.2, 0.25) is 0 Å². The second-order valence-electron chi connectivity index (χ2n) is 8.19. The molecule has 0 radical (unpaired) electrons. The summed E-state index contributed by atoms with van der Waals surface area (Å²) in [6, 6.07) is 19.9. The molecule has 35 heavy (non-hydrogen) atoms. The number of ether oxygens (including phenoxy) is 1. The van der Waals surface area contributed by atoms with Crippen molar-refractivity contribution in [2.24, 2.45) is 0 Å². The van der Waals surface area contributed by atoms with Crippen LogP contribution in [0, 0.1) is 0 Å². The van der Waals surface area contributed by atoms with Gasteiger partial charge in [-0.2, -0.15) is 13.2 Å². The van der Waals surface area contributed by atoms with Crippen LogP contribution in [0.4, 0.5) is 18.9 Å². The van der Waals surface area contributed by atoms with Crippen molar-refractivity contribution >= 4 is 11.6 Å². The molecule has 0 saturated carbocycles. The summed E-state index contributed by atoms with van der Waals surface area (Å²) >= 11 is 0. The first-order valence-corrected chi connectivity index (χ1v) is 10.7. The smallest absolute Gasteiger partial charge is 0.416 e. The quantitative estimate of drug-likeness (QED) is 0.394. The third-order valence-electron chi connectivity index (χ3n) is 5.70. The number of hydrogen-bond donors (Lipinski definition) is 2. The molecule has 3 aromatic carbocycles.